The van der Waals surface area contributed by atoms with Crippen molar-refractivity contribution in [2.45, 2.75) is 373 Å². The summed E-state index contributed by atoms with van der Waals surface area (Å²) in [4.78, 5) is 37.5. The number of quaternary nitrogens is 1. The summed E-state index contributed by atoms with van der Waals surface area (Å²) in [6.45, 7) is 4.81. The largest absolute Gasteiger partial charge is 0.545 e. The monoisotopic (exact) mass is 1170 g/mol. The number of carboxylic acids is 1. The predicted molar refractivity (Wildman–Crippen MR) is 353 cm³/mol. The van der Waals surface area contributed by atoms with Crippen molar-refractivity contribution in [3.63, 3.8) is 0 Å². The molecule has 0 saturated heterocycles. The Morgan fingerprint density at radius 1 is 0.361 bits per heavy atom. The highest BCUT2D eigenvalue weighted by Crippen LogP contribution is 2.19. The van der Waals surface area contributed by atoms with Crippen LogP contribution in [-0.4, -0.2) is 82.3 Å². The van der Waals surface area contributed by atoms with Gasteiger partial charge in [0.15, 0.2) is 12.4 Å². The highest BCUT2D eigenvalue weighted by Gasteiger charge is 2.22. The number of ether oxygens (including phenoxy) is 4. The van der Waals surface area contributed by atoms with Crippen LogP contribution in [0.1, 0.15) is 361 Å². The third kappa shape index (κ3) is 66.9. The zero-order chi connectivity index (χ0) is 60.5. The van der Waals surface area contributed by atoms with E-state index in [1.165, 1.54) is 289 Å². The first kappa shape index (κ1) is 80.5. The smallest absolute Gasteiger partial charge is 0.306 e. The Balaban J connectivity index is 4.05. The van der Waals surface area contributed by atoms with E-state index in [4.69, 9.17) is 18.9 Å². The molecule has 9 heteroatoms. The van der Waals surface area contributed by atoms with Crippen molar-refractivity contribution in [1.82, 2.24) is 0 Å². The van der Waals surface area contributed by atoms with Crippen LogP contribution >= 0.6 is 0 Å². The van der Waals surface area contributed by atoms with Crippen LogP contribution in [0.15, 0.2) is 36.5 Å². The zero-order valence-electron chi connectivity index (χ0n) is 55.8. The molecule has 0 saturated carbocycles. The van der Waals surface area contributed by atoms with E-state index in [0.717, 1.165) is 44.9 Å². The van der Waals surface area contributed by atoms with Crippen LogP contribution in [0, 0.1) is 0 Å². The van der Waals surface area contributed by atoms with Crippen molar-refractivity contribution in [3.05, 3.63) is 36.5 Å². The Bertz CT molecular complexity index is 1450. The van der Waals surface area contributed by atoms with E-state index < -0.39 is 24.3 Å². The molecule has 0 radical (unpaired) electrons. The summed E-state index contributed by atoms with van der Waals surface area (Å²) in [5.74, 6) is -2.25. The molecule has 0 aromatic heterocycles. The first-order valence-electron chi connectivity index (χ1n) is 36.1. The Morgan fingerprint density at radius 3 is 0.964 bits per heavy atom. The van der Waals surface area contributed by atoms with Gasteiger partial charge in [-0.2, -0.15) is 0 Å². The normalized spacial score (nSPS) is 12.8. The van der Waals surface area contributed by atoms with E-state index in [9.17, 15) is 19.5 Å². The maximum Gasteiger partial charge on any atom is 0.306 e. The molecular weight excluding hydrogens is 1030 g/mol. The second-order valence-corrected chi connectivity index (χ2v) is 25.9. The van der Waals surface area contributed by atoms with Gasteiger partial charge < -0.3 is 33.3 Å². The summed E-state index contributed by atoms with van der Waals surface area (Å²) in [6, 6.07) is 0. The first-order chi connectivity index (χ1) is 40.6. The minimum atomic E-state index is -1.62. The molecule has 0 bridgehead atoms. The first-order valence-corrected chi connectivity index (χ1v) is 36.1. The van der Waals surface area contributed by atoms with Gasteiger partial charge in [0.1, 0.15) is 13.2 Å². The topological polar surface area (TPSA) is 111 Å². The number of likely N-dealkylation sites (N-methyl/N-ethyl adjacent to an activating group) is 1. The molecular formula is C74H139NO8. The van der Waals surface area contributed by atoms with Crippen LogP contribution in [0.5, 0.6) is 0 Å². The van der Waals surface area contributed by atoms with Gasteiger partial charge in [-0.3, -0.25) is 9.59 Å². The zero-order valence-corrected chi connectivity index (χ0v) is 55.8. The third-order valence-electron chi connectivity index (χ3n) is 16.4. The fourth-order valence-electron chi connectivity index (χ4n) is 10.8. The minimum absolute atomic E-state index is 0.150. The molecule has 2 unspecified atom stereocenters. The number of unbranched alkanes of at least 4 members (excludes halogenated alkanes) is 47. The predicted octanol–water partition coefficient (Wildman–Crippen LogP) is 21.0. The van der Waals surface area contributed by atoms with E-state index in [-0.39, 0.29) is 32.2 Å². The number of allylic oxidation sites excluding steroid dienone is 6. The number of esters is 2. The Hall–Kier alpha value is -2.49. The van der Waals surface area contributed by atoms with E-state index in [0.29, 0.717) is 17.4 Å². The number of hydrogen-bond acceptors (Lipinski definition) is 8. The van der Waals surface area contributed by atoms with Crippen LogP contribution < -0.4 is 5.11 Å². The summed E-state index contributed by atoms with van der Waals surface area (Å²) < 4.78 is 22.8. The lowest BCUT2D eigenvalue weighted by atomic mass is 10.0. The van der Waals surface area contributed by atoms with E-state index in [1.54, 1.807) is 0 Å². The van der Waals surface area contributed by atoms with Gasteiger partial charge in [-0.15, -0.1) is 0 Å². The average Bonchev–Trinajstić information content (AvgIpc) is 3.46. The van der Waals surface area contributed by atoms with Gasteiger partial charge in [-0.25, -0.2) is 0 Å². The van der Waals surface area contributed by atoms with Gasteiger partial charge >= 0.3 is 11.9 Å². The van der Waals surface area contributed by atoms with Crippen molar-refractivity contribution in [2.75, 3.05) is 47.5 Å². The quantitative estimate of drug-likeness (QED) is 0.0195. The number of carbonyl (C=O) groups is 3. The molecule has 0 aromatic carbocycles. The van der Waals surface area contributed by atoms with Gasteiger partial charge in [0.25, 0.3) is 0 Å². The molecule has 0 fully saturated rings. The molecule has 0 aliphatic rings. The lowest BCUT2D eigenvalue weighted by Crippen LogP contribution is -2.44. The molecule has 0 heterocycles. The fraction of sp³-hybridized carbons (Fsp3) is 0.878. The summed E-state index contributed by atoms with van der Waals surface area (Å²) in [5.41, 5.74) is 0. The molecule has 0 aliphatic heterocycles. The van der Waals surface area contributed by atoms with E-state index in [1.807, 2.05) is 21.1 Å². The van der Waals surface area contributed by atoms with Crippen molar-refractivity contribution in [1.29, 1.82) is 0 Å². The molecule has 2 atom stereocenters. The molecule has 488 valence electrons. The Labute approximate surface area is 515 Å². The van der Waals surface area contributed by atoms with E-state index in [2.05, 4.69) is 50.3 Å². The molecule has 0 spiro atoms. The maximum atomic E-state index is 12.9. The summed E-state index contributed by atoms with van der Waals surface area (Å²) in [7, 11) is 5.94. The van der Waals surface area contributed by atoms with Crippen molar-refractivity contribution < 1.29 is 42.9 Å². The maximum absolute atomic E-state index is 12.9. The number of nitrogens with zero attached hydrogens (tertiary/aromatic N) is 1. The van der Waals surface area contributed by atoms with E-state index >= 15 is 0 Å². The second-order valence-electron chi connectivity index (χ2n) is 25.9. The summed E-state index contributed by atoms with van der Waals surface area (Å²) >= 11 is 0. The lowest BCUT2D eigenvalue weighted by Gasteiger charge is -2.26. The van der Waals surface area contributed by atoms with Crippen LogP contribution in [0.4, 0.5) is 0 Å². The number of aliphatic carboxylic acids is 1. The van der Waals surface area contributed by atoms with Gasteiger partial charge in [0.2, 0.25) is 0 Å². The van der Waals surface area contributed by atoms with Gasteiger partial charge in [0, 0.05) is 12.8 Å². The number of carbonyl (C=O) groups excluding carboxylic acids is 3. The molecule has 0 aromatic rings. The Kier molecular flexibility index (Phi) is 63.5. The highest BCUT2D eigenvalue weighted by atomic mass is 16.7. The second kappa shape index (κ2) is 65.5. The SMILES string of the molecule is CCCCCCC/C=C\C/C=C\CCCCCCCCCCCCCCCCCCCCCC(=O)OC(COC(=O)CCCCCCCCCCCCCCCCC/C=C\CCCCCCCCCC)COC(OCC[N+](C)(C)C)C(=O)[O-]. The molecule has 0 aliphatic carbocycles. The van der Waals surface area contributed by atoms with Crippen LogP contribution in [0.2, 0.25) is 0 Å². The average molecular weight is 1170 g/mol. The van der Waals surface area contributed by atoms with Crippen molar-refractivity contribution in [3.8, 4) is 0 Å². The van der Waals surface area contributed by atoms with Gasteiger partial charge in [0.05, 0.1) is 40.3 Å². The lowest BCUT2D eigenvalue weighted by molar-refractivity contribution is -0.870. The van der Waals surface area contributed by atoms with Crippen LogP contribution in [0.3, 0.4) is 0 Å². The van der Waals surface area contributed by atoms with Gasteiger partial charge in [-0.05, 0) is 70.6 Å². The van der Waals surface area contributed by atoms with Crippen molar-refractivity contribution >= 4 is 17.9 Å². The van der Waals surface area contributed by atoms with Crippen LogP contribution in [-0.2, 0) is 33.3 Å². The number of hydrogen-bond donors (Lipinski definition) is 0. The summed E-state index contributed by atoms with van der Waals surface area (Å²) in [5, 5.41) is 11.8. The molecule has 83 heavy (non-hydrogen) atoms. The third-order valence-corrected chi connectivity index (χ3v) is 16.4. The molecule has 0 N–H and O–H groups in total. The standard InChI is InChI=1S/C74H139NO8/c1-6-8-10-12-14-16-18-20-22-24-26-28-30-32-34-35-36-37-39-41-43-45-47-49-51-53-55-57-59-61-63-65-72(77)83-70(69-82-74(73(78)79)80-67-66-75(3,4)5)68-81-71(76)64-62-60-58-56-54-52-50-48-46-44-42-40-38-33-31-29-27-25-23-21-19-17-15-13-11-9-7-2/h18,20,24-27,70,74H,6-17,19,21-23,28-69H2,1-5H3/b20-18-,26-24-,27-25-. The Morgan fingerprint density at radius 2 is 0.651 bits per heavy atom. The molecule has 0 amide bonds. The van der Waals surface area contributed by atoms with Gasteiger partial charge in [-0.1, -0.05) is 314 Å². The number of rotatable bonds is 68. The highest BCUT2D eigenvalue weighted by molar-refractivity contribution is 5.70. The fourth-order valence-corrected chi connectivity index (χ4v) is 10.8. The number of carboxylic acid groups (broad SMARTS) is 1. The van der Waals surface area contributed by atoms with Crippen LogP contribution in [0.25, 0.3) is 0 Å². The molecule has 9 nitrogen and oxygen atoms in total. The minimum Gasteiger partial charge on any atom is -0.545 e. The molecule has 0 rings (SSSR count). The van der Waals surface area contributed by atoms with Crippen molar-refractivity contribution in [2.24, 2.45) is 0 Å². The summed E-state index contributed by atoms with van der Waals surface area (Å²) in [6.07, 6.45) is 79.5.